The third-order valence-electron chi connectivity index (χ3n) is 6.24. The van der Waals surface area contributed by atoms with E-state index in [4.69, 9.17) is 33.7 Å². The van der Waals surface area contributed by atoms with Crippen molar-refractivity contribution in [2.45, 2.75) is 33.3 Å². The molecule has 4 heterocycles. The van der Waals surface area contributed by atoms with Crippen LogP contribution in [0.15, 0.2) is 42.7 Å². The molecule has 0 saturated carbocycles. The molecule has 10 nitrogen and oxygen atoms in total. The Morgan fingerprint density at radius 1 is 1.17 bits per heavy atom. The van der Waals surface area contributed by atoms with Gasteiger partial charge in [0.15, 0.2) is 18.2 Å². The van der Waals surface area contributed by atoms with E-state index in [2.05, 4.69) is 20.5 Å². The molecule has 0 spiro atoms. The molecule has 5 rings (SSSR count). The van der Waals surface area contributed by atoms with Gasteiger partial charge in [0.2, 0.25) is 0 Å². The molecule has 5 aromatic rings. The molecule has 0 bridgehead atoms. The van der Waals surface area contributed by atoms with E-state index in [1.54, 1.807) is 29.8 Å². The van der Waals surface area contributed by atoms with Gasteiger partial charge in [0.1, 0.15) is 15.4 Å². The average molecular weight is 638 g/mol. The number of carbonyl (C=O) groups is 2. The lowest BCUT2D eigenvalue weighted by Gasteiger charge is -2.12. The van der Waals surface area contributed by atoms with Crippen LogP contribution in [0.3, 0.4) is 0 Å². The maximum atomic E-state index is 13.8. The number of aryl methyl sites for hydroxylation is 1. The summed E-state index contributed by atoms with van der Waals surface area (Å²) in [6, 6.07) is 7.11. The first-order valence-corrected chi connectivity index (χ1v) is 13.7. The number of benzene rings is 1. The number of para-hydroxylation sites is 1. The highest BCUT2D eigenvalue weighted by atomic mass is 35.5. The van der Waals surface area contributed by atoms with Crippen LogP contribution in [0.25, 0.3) is 21.3 Å². The summed E-state index contributed by atoms with van der Waals surface area (Å²) in [5.74, 6) is -1.47. The van der Waals surface area contributed by atoms with E-state index in [9.17, 15) is 22.8 Å². The van der Waals surface area contributed by atoms with Crippen LogP contribution in [0.5, 0.6) is 5.75 Å². The third-order valence-corrected chi connectivity index (χ3v) is 7.93. The van der Waals surface area contributed by atoms with Crippen molar-refractivity contribution in [3.63, 3.8) is 0 Å². The van der Waals surface area contributed by atoms with E-state index in [0.29, 0.717) is 29.1 Å². The maximum absolute atomic E-state index is 13.8. The number of amides is 2. The summed E-state index contributed by atoms with van der Waals surface area (Å²) < 4.78 is 50.0. The lowest BCUT2D eigenvalue weighted by atomic mass is 10.0. The molecule has 0 radical (unpaired) electrons. The van der Waals surface area contributed by atoms with Gasteiger partial charge in [0, 0.05) is 29.4 Å². The minimum Gasteiger partial charge on any atom is -0.468 e. The Morgan fingerprint density at radius 3 is 2.50 bits per heavy atom. The van der Waals surface area contributed by atoms with Crippen molar-refractivity contribution >= 4 is 62.3 Å². The van der Waals surface area contributed by atoms with Gasteiger partial charge in [-0.25, -0.2) is 9.67 Å². The molecule has 0 saturated heterocycles. The number of halogens is 5. The highest BCUT2D eigenvalue weighted by Gasteiger charge is 2.35. The summed E-state index contributed by atoms with van der Waals surface area (Å²) in [5.41, 5.74) is 5.30. The van der Waals surface area contributed by atoms with E-state index in [1.807, 2.05) is 6.92 Å². The van der Waals surface area contributed by atoms with Crippen LogP contribution < -0.4 is 15.8 Å². The van der Waals surface area contributed by atoms with Crippen LogP contribution in [-0.4, -0.2) is 36.4 Å². The van der Waals surface area contributed by atoms with Crippen LogP contribution in [0, 0.1) is 6.92 Å². The second-order valence-corrected chi connectivity index (χ2v) is 10.7. The predicted molar refractivity (Wildman–Crippen MR) is 152 cm³/mol. The number of aromatic nitrogens is 5. The number of fused-ring (bicyclic) bond motifs is 1. The van der Waals surface area contributed by atoms with Gasteiger partial charge in [-0.3, -0.25) is 14.3 Å². The number of hydrogen-bond acceptors (Lipinski definition) is 7. The number of thiophene rings is 1. The average Bonchev–Trinajstić information content (AvgIpc) is 3.64. The summed E-state index contributed by atoms with van der Waals surface area (Å²) >= 11 is 12.9. The monoisotopic (exact) mass is 637 g/mol. The van der Waals surface area contributed by atoms with Gasteiger partial charge in [-0.2, -0.15) is 23.4 Å². The quantitative estimate of drug-likeness (QED) is 0.202. The number of carbonyl (C=O) groups excluding carboxylic acids is 2. The number of alkyl halides is 3. The van der Waals surface area contributed by atoms with Gasteiger partial charge in [0.05, 0.1) is 21.9 Å². The number of nitrogens with zero attached hydrogens (tertiary/aromatic N) is 5. The molecule has 0 atom stereocenters. The lowest BCUT2D eigenvalue weighted by Crippen LogP contribution is -2.18. The first-order chi connectivity index (χ1) is 19.9. The van der Waals surface area contributed by atoms with Gasteiger partial charge in [-0.05, 0) is 43.7 Å². The van der Waals surface area contributed by atoms with Crippen molar-refractivity contribution in [1.82, 2.24) is 24.5 Å². The first-order valence-electron chi connectivity index (χ1n) is 12.2. The molecule has 218 valence electrons. The van der Waals surface area contributed by atoms with Gasteiger partial charge in [-0.1, -0.05) is 29.3 Å². The molecule has 0 aliphatic heterocycles. The maximum Gasteiger partial charge on any atom is 0.433 e. The van der Waals surface area contributed by atoms with Crippen LogP contribution in [-0.2, 0) is 19.5 Å². The number of pyridine rings is 1. The number of rotatable bonds is 8. The molecular formula is C26H20Cl2F3N7O3S. The fourth-order valence-corrected chi connectivity index (χ4v) is 5.78. The topological polar surface area (TPSA) is 130 Å². The standard InChI is InChI=1S/C26H20Cl2F3N7O3S/c1-3-38-12(2)14(10-33-38)13-9-18(26(29,30)31)34-25-19(13)20(22(42-25)23(32)39)35-24(40)17-7-8-37(36-17)11-41-21-15(27)5-4-6-16(21)28/h4-10H,3,11H2,1-2H3,(H2,32,39)(H,35,40). The predicted octanol–water partition coefficient (Wildman–Crippen LogP) is 6.40. The molecule has 1 aromatic carbocycles. The summed E-state index contributed by atoms with van der Waals surface area (Å²) in [5, 5.41) is 11.7. The molecule has 4 aromatic heterocycles. The number of hydrogen-bond donors (Lipinski definition) is 2. The van der Waals surface area contributed by atoms with Crippen molar-refractivity contribution in [2.75, 3.05) is 5.32 Å². The van der Waals surface area contributed by atoms with Gasteiger partial charge in [-0.15, -0.1) is 11.3 Å². The Kier molecular flexibility index (Phi) is 7.88. The van der Waals surface area contributed by atoms with Crippen molar-refractivity contribution in [2.24, 2.45) is 5.73 Å². The van der Waals surface area contributed by atoms with Gasteiger partial charge in [0.25, 0.3) is 11.8 Å². The largest absolute Gasteiger partial charge is 0.468 e. The van der Waals surface area contributed by atoms with Gasteiger partial charge < -0.3 is 15.8 Å². The molecule has 2 amide bonds. The zero-order valence-corrected chi connectivity index (χ0v) is 24.1. The van der Waals surface area contributed by atoms with E-state index in [0.717, 1.165) is 6.07 Å². The van der Waals surface area contributed by atoms with Crippen molar-refractivity contribution in [1.29, 1.82) is 0 Å². The van der Waals surface area contributed by atoms with E-state index < -0.39 is 23.7 Å². The normalized spacial score (nSPS) is 11.7. The Labute approximate surface area is 249 Å². The van der Waals surface area contributed by atoms with E-state index in [1.165, 1.54) is 23.1 Å². The minimum atomic E-state index is -4.78. The van der Waals surface area contributed by atoms with Crippen molar-refractivity contribution in [3.8, 4) is 16.9 Å². The number of nitrogens with one attached hydrogen (secondary N) is 1. The molecule has 0 aliphatic rings. The molecule has 16 heteroatoms. The van der Waals surface area contributed by atoms with Crippen molar-refractivity contribution < 1.29 is 27.5 Å². The fraction of sp³-hybridized carbons (Fsp3) is 0.192. The van der Waals surface area contributed by atoms with E-state index in [-0.39, 0.29) is 54.6 Å². The van der Waals surface area contributed by atoms with E-state index >= 15 is 0 Å². The Hall–Kier alpha value is -4.14. The molecule has 0 unspecified atom stereocenters. The Bertz CT molecular complexity index is 1830. The van der Waals surface area contributed by atoms with Crippen LogP contribution in [0.2, 0.25) is 10.0 Å². The smallest absolute Gasteiger partial charge is 0.433 e. The summed E-state index contributed by atoms with van der Waals surface area (Å²) in [7, 11) is 0. The Morgan fingerprint density at radius 2 is 1.88 bits per heavy atom. The second kappa shape index (κ2) is 11.3. The fourth-order valence-electron chi connectivity index (χ4n) is 4.26. The number of ether oxygens (including phenoxy) is 1. The number of nitrogens with two attached hydrogens (primary N) is 1. The van der Waals surface area contributed by atoms with Crippen LogP contribution in [0.4, 0.5) is 18.9 Å². The molecule has 0 aliphatic carbocycles. The van der Waals surface area contributed by atoms with Gasteiger partial charge >= 0.3 is 6.18 Å². The summed E-state index contributed by atoms with van der Waals surface area (Å²) in [6.07, 6.45) is -1.89. The zero-order chi connectivity index (χ0) is 30.3. The number of primary amides is 1. The molecular weight excluding hydrogens is 618 g/mol. The second-order valence-electron chi connectivity index (χ2n) is 8.88. The highest BCUT2D eigenvalue weighted by molar-refractivity contribution is 7.21. The van der Waals surface area contributed by atoms with Crippen LogP contribution in [0.1, 0.15) is 38.5 Å². The first kappa shape index (κ1) is 29.4. The summed E-state index contributed by atoms with van der Waals surface area (Å²) in [6.45, 7) is 3.87. The SMILES string of the molecule is CCn1ncc(-c2cc(C(F)(F)F)nc3sc(C(N)=O)c(NC(=O)c4ccn(COc5c(Cl)cccc5Cl)n4)c23)c1C. The minimum absolute atomic E-state index is 0.0740. The third kappa shape index (κ3) is 5.52. The molecule has 0 fully saturated rings. The Balaban J connectivity index is 1.54. The lowest BCUT2D eigenvalue weighted by molar-refractivity contribution is -0.140. The molecule has 42 heavy (non-hydrogen) atoms. The van der Waals surface area contributed by atoms with Crippen molar-refractivity contribution in [3.05, 3.63) is 74.7 Å². The molecule has 3 N–H and O–H groups in total. The highest BCUT2D eigenvalue weighted by Crippen LogP contribution is 2.44. The zero-order valence-electron chi connectivity index (χ0n) is 21.8. The van der Waals surface area contributed by atoms with Crippen LogP contribution >= 0.6 is 34.5 Å². The summed E-state index contributed by atoms with van der Waals surface area (Å²) in [4.78, 5) is 29.1. The number of anilines is 1.